The van der Waals surface area contributed by atoms with Gasteiger partial charge in [-0.15, -0.1) is 0 Å². The fraction of sp³-hybridized carbons (Fsp3) is 0.350. The average Bonchev–Trinajstić information content (AvgIpc) is 2.65. The molecule has 4 nitrogen and oxygen atoms in total. The molecule has 0 atom stereocenters. The van der Waals surface area contributed by atoms with E-state index in [-0.39, 0.29) is 18.3 Å². The second-order valence-corrected chi connectivity index (χ2v) is 6.23. The number of methoxy groups -OCH3 is 1. The van der Waals surface area contributed by atoms with Crippen molar-refractivity contribution in [1.82, 2.24) is 4.90 Å². The summed E-state index contributed by atoms with van der Waals surface area (Å²) in [7, 11) is 1.59. The number of fused-ring (bicyclic) bond motifs is 1. The van der Waals surface area contributed by atoms with Crippen LogP contribution in [-0.4, -0.2) is 36.2 Å². The minimum Gasteiger partial charge on any atom is -0.392 e. The second-order valence-electron chi connectivity index (χ2n) is 6.23. The Kier molecular flexibility index (Phi) is 5.46. The van der Waals surface area contributed by atoms with E-state index in [1.165, 1.54) is 0 Å². The minimum atomic E-state index is -0.378. The first-order valence-corrected chi connectivity index (χ1v) is 8.41. The van der Waals surface area contributed by atoms with Crippen LogP contribution in [0.15, 0.2) is 36.4 Å². The first-order chi connectivity index (χ1) is 12.1. The van der Waals surface area contributed by atoms with Crippen molar-refractivity contribution >= 4 is 5.91 Å². The lowest BCUT2D eigenvalue weighted by Gasteiger charge is -2.29. The van der Waals surface area contributed by atoms with E-state index in [4.69, 9.17) is 4.74 Å². The first kappa shape index (κ1) is 17.6. The molecule has 1 amide bonds. The number of aliphatic hydroxyl groups excluding tert-OH is 1. The van der Waals surface area contributed by atoms with Gasteiger partial charge in [-0.3, -0.25) is 4.79 Å². The number of rotatable bonds is 5. The monoisotopic (exact) mass is 343 g/mol. The number of halogens is 1. The van der Waals surface area contributed by atoms with Crippen LogP contribution in [0.1, 0.15) is 23.1 Å². The maximum Gasteiger partial charge on any atom is 0.225 e. The van der Waals surface area contributed by atoms with Crippen LogP contribution in [0.25, 0.3) is 11.1 Å². The molecule has 132 valence electrons. The van der Waals surface area contributed by atoms with Crippen LogP contribution in [0.2, 0.25) is 0 Å². The van der Waals surface area contributed by atoms with Crippen LogP contribution in [0.5, 0.6) is 0 Å². The van der Waals surface area contributed by atoms with Crippen LogP contribution in [0.4, 0.5) is 4.39 Å². The summed E-state index contributed by atoms with van der Waals surface area (Å²) in [5, 5.41) is 9.24. The van der Waals surface area contributed by atoms with E-state index < -0.39 is 0 Å². The molecule has 1 heterocycles. The van der Waals surface area contributed by atoms with Gasteiger partial charge in [0.1, 0.15) is 5.82 Å². The van der Waals surface area contributed by atoms with Gasteiger partial charge in [-0.05, 0) is 23.1 Å². The minimum absolute atomic E-state index is 0.0956. The lowest BCUT2D eigenvalue weighted by molar-refractivity contribution is -0.133. The molecule has 1 aliphatic heterocycles. The molecule has 0 fully saturated rings. The van der Waals surface area contributed by atoms with Gasteiger partial charge in [0.2, 0.25) is 5.91 Å². The van der Waals surface area contributed by atoms with Gasteiger partial charge in [0.25, 0.3) is 0 Å². The number of hydrogen-bond acceptors (Lipinski definition) is 3. The van der Waals surface area contributed by atoms with Crippen LogP contribution < -0.4 is 0 Å². The summed E-state index contributed by atoms with van der Waals surface area (Å²) in [6.07, 6.45) is 1.15. The van der Waals surface area contributed by atoms with Gasteiger partial charge in [-0.1, -0.05) is 36.4 Å². The third kappa shape index (κ3) is 3.72. The van der Waals surface area contributed by atoms with Crippen molar-refractivity contribution < 1.29 is 19.0 Å². The highest BCUT2D eigenvalue weighted by Crippen LogP contribution is 2.29. The van der Waals surface area contributed by atoms with Crippen molar-refractivity contribution in [2.24, 2.45) is 0 Å². The highest BCUT2D eigenvalue weighted by molar-refractivity contribution is 5.77. The lowest BCUT2D eigenvalue weighted by Crippen LogP contribution is -2.36. The molecule has 2 aromatic rings. The maximum absolute atomic E-state index is 14.5. The number of amides is 1. The zero-order valence-electron chi connectivity index (χ0n) is 14.3. The lowest BCUT2D eigenvalue weighted by atomic mass is 9.93. The molecule has 5 heteroatoms. The number of carbonyl (C=O) groups excluding carboxylic acids is 1. The molecule has 3 rings (SSSR count). The molecule has 2 aromatic carbocycles. The van der Waals surface area contributed by atoms with Gasteiger partial charge < -0.3 is 14.7 Å². The summed E-state index contributed by atoms with van der Waals surface area (Å²) in [5.41, 5.74) is 3.82. The van der Waals surface area contributed by atoms with Gasteiger partial charge in [-0.25, -0.2) is 4.39 Å². The van der Waals surface area contributed by atoms with Gasteiger partial charge in [0.15, 0.2) is 0 Å². The van der Waals surface area contributed by atoms with E-state index >= 15 is 0 Å². The number of benzene rings is 2. The van der Waals surface area contributed by atoms with Gasteiger partial charge in [-0.2, -0.15) is 0 Å². The number of carbonyl (C=O) groups is 1. The Bertz CT molecular complexity index is 776. The van der Waals surface area contributed by atoms with Crippen LogP contribution in [0.3, 0.4) is 0 Å². The Morgan fingerprint density at radius 1 is 1.28 bits per heavy atom. The van der Waals surface area contributed by atoms with E-state index in [1.54, 1.807) is 25.3 Å². The van der Waals surface area contributed by atoms with Crippen LogP contribution in [0, 0.1) is 5.82 Å². The zero-order valence-corrected chi connectivity index (χ0v) is 14.3. The van der Waals surface area contributed by atoms with E-state index in [0.29, 0.717) is 37.2 Å². The molecule has 0 radical (unpaired) electrons. The van der Waals surface area contributed by atoms with Crippen molar-refractivity contribution in [2.45, 2.75) is 26.0 Å². The summed E-state index contributed by atoms with van der Waals surface area (Å²) in [4.78, 5) is 14.0. The molecule has 1 aliphatic rings. The normalized spacial score (nSPS) is 13.6. The molecule has 0 saturated heterocycles. The smallest absolute Gasteiger partial charge is 0.225 e. The predicted octanol–water partition coefficient (Wildman–Crippen LogP) is 2.91. The van der Waals surface area contributed by atoms with Crippen LogP contribution >= 0.6 is 0 Å². The maximum atomic E-state index is 14.5. The number of hydrogen-bond donors (Lipinski definition) is 1. The quantitative estimate of drug-likeness (QED) is 0.908. The molecule has 0 aromatic heterocycles. The fourth-order valence-corrected chi connectivity index (χ4v) is 3.21. The third-order valence-electron chi connectivity index (χ3n) is 4.65. The van der Waals surface area contributed by atoms with Crippen LogP contribution in [-0.2, 0) is 29.1 Å². The molecular weight excluding hydrogens is 321 g/mol. The standard InChI is InChI=1S/C20H22FNO3/c1-25-10-8-19(24)22-9-7-14-11-15(5-6-16(14)12-22)18-4-2-3-17(13-23)20(18)21/h2-6,11,23H,7-10,12-13H2,1H3. The Labute approximate surface area is 146 Å². The summed E-state index contributed by atoms with van der Waals surface area (Å²) in [6.45, 7) is 1.36. The number of nitrogens with zero attached hydrogens (tertiary/aromatic N) is 1. The van der Waals surface area contributed by atoms with E-state index in [9.17, 15) is 14.3 Å². The van der Waals surface area contributed by atoms with Crippen molar-refractivity contribution in [3.8, 4) is 11.1 Å². The molecule has 0 bridgehead atoms. The summed E-state index contributed by atoms with van der Waals surface area (Å²) < 4.78 is 19.4. The fourth-order valence-electron chi connectivity index (χ4n) is 3.21. The highest BCUT2D eigenvalue weighted by Gasteiger charge is 2.21. The molecule has 0 spiro atoms. The first-order valence-electron chi connectivity index (χ1n) is 8.41. The average molecular weight is 343 g/mol. The molecule has 0 unspecified atom stereocenters. The van der Waals surface area contributed by atoms with Gasteiger partial charge in [0.05, 0.1) is 19.6 Å². The van der Waals surface area contributed by atoms with Gasteiger partial charge >= 0.3 is 0 Å². The largest absolute Gasteiger partial charge is 0.392 e. The highest BCUT2D eigenvalue weighted by atomic mass is 19.1. The molecule has 1 N–H and O–H groups in total. The van der Waals surface area contributed by atoms with Crippen molar-refractivity contribution in [3.63, 3.8) is 0 Å². The predicted molar refractivity (Wildman–Crippen MR) is 93.4 cm³/mol. The summed E-state index contributed by atoms with van der Waals surface area (Å²) in [5.74, 6) is -0.282. The second kappa shape index (κ2) is 7.76. The third-order valence-corrected chi connectivity index (χ3v) is 4.65. The van der Waals surface area contributed by atoms with Crippen molar-refractivity contribution in [3.05, 3.63) is 58.9 Å². The van der Waals surface area contributed by atoms with Gasteiger partial charge in [0, 0.05) is 31.3 Å². The summed E-state index contributed by atoms with van der Waals surface area (Å²) in [6, 6.07) is 10.9. The Morgan fingerprint density at radius 2 is 2.12 bits per heavy atom. The molecule has 25 heavy (non-hydrogen) atoms. The van der Waals surface area contributed by atoms with Crippen molar-refractivity contribution in [1.29, 1.82) is 0 Å². The number of ether oxygens (including phenoxy) is 1. The van der Waals surface area contributed by atoms with Crippen molar-refractivity contribution in [2.75, 3.05) is 20.3 Å². The molecule has 0 aliphatic carbocycles. The molecule has 0 saturated carbocycles. The zero-order chi connectivity index (χ0) is 17.8. The Hall–Kier alpha value is -2.24. The van der Waals surface area contributed by atoms with E-state index in [0.717, 1.165) is 23.1 Å². The Morgan fingerprint density at radius 3 is 2.88 bits per heavy atom. The number of aliphatic hydroxyl groups is 1. The SMILES string of the molecule is COCCC(=O)N1CCc2cc(-c3cccc(CO)c3F)ccc2C1. The summed E-state index contributed by atoms with van der Waals surface area (Å²) >= 11 is 0. The Balaban J connectivity index is 1.82. The van der Waals surface area contributed by atoms with E-state index in [1.807, 2.05) is 23.1 Å². The topological polar surface area (TPSA) is 49.8 Å². The molecular formula is C20H22FNO3. The van der Waals surface area contributed by atoms with E-state index in [2.05, 4.69) is 0 Å².